The zero-order chi connectivity index (χ0) is 32.3. The van der Waals surface area contributed by atoms with Gasteiger partial charge in [-0.15, -0.1) is 0 Å². The van der Waals surface area contributed by atoms with Crippen molar-refractivity contribution in [1.82, 2.24) is 0 Å². The van der Waals surface area contributed by atoms with Gasteiger partial charge in [0.2, 0.25) is 20.5 Å². The monoisotopic (exact) mass is 688 g/mol. The predicted molar refractivity (Wildman–Crippen MR) is 190 cm³/mol. The lowest BCUT2D eigenvalue weighted by atomic mass is 10.1. The second-order valence-electron chi connectivity index (χ2n) is 10.2. The van der Waals surface area contributed by atoms with Crippen LogP contribution in [-0.2, 0) is 9.47 Å². The van der Waals surface area contributed by atoms with Gasteiger partial charge in [0.15, 0.2) is 6.29 Å². The van der Waals surface area contributed by atoms with E-state index in [1.165, 1.54) is 0 Å². The van der Waals surface area contributed by atoms with Crippen LogP contribution in [0.25, 0.3) is 0 Å². The maximum atomic E-state index is 13.8. The highest BCUT2D eigenvalue weighted by Crippen LogP contribution is 2.45. The average molecular weight is 689 g/mol. The fourth-order valence-electron chi connectivity index (χ4n) is 4.83. The lowest BCUT2D eigenvalue weighted by Crippen LogP contribution is -2.56. The maximum absolute atomic E-state index is 13.8. The fraction of sp³-hybridized carbons (Fsp3) is 0.222. The van der Waals surface area contributed by atoms with Crippen molar-refractivity contribution in [3.63, 3.8) is 0 Å². The molecule has 0 radical (unpaired) electrons. The Labute approximate surface area is 285 Å². The van der Waals surface area contributed by atoms with Gasteiger partial charge in [0.1, 0.15) is 0 Å². The van der Waals surface area contributed by atoms with Gasteiger partial charge in [0, 0.05) is 39.9 Å². The van der Waals surface area contributed by atoms with E-state index in [4.69, 9.17) is 9.47 Å². The Bertz CT molecular complexity index is 1610. The molecule has 0 amide bonds. The highest BCUT2D eigenvalue weighted by Gasteiger charge is 2.50. The molecule has 0 bridgehead atoms. The van der Waals surface area contributed by atoms with Gasteiger partial charge in [-0.25, -0.2) is 0 Å². The molecular weight excluding hydrogens is 657 g/mol. The van der Waals surface area contributed by atoms with Crippen LogP contribution < -0.4 is 0 Å². The molecule has 0 N–H and O–H groups in total. The molecule has 6 nitrogen and oxygen atoms in total. The van der Waals surface area contributed by atoms with Crippen LogP contribution in [0.2, 0.25) is 0 Å². The number of rotatable bonds is 11. The zero-order valence-corrected chi connectivity index (χ0v) is 28.2. The summed E-state index contributed by atoms with van der Waals surface area (Å²) in [6, 6.07) is 35.7. The highest BCUT2D eigenvalue weighted by atomic mass is 32.2. The first-order valence-electron chi connectivity index (χ1n) is 14.7. The standard InChI is InChI=1S/C36H32O6S4/c1-2-41-36-31(46-35(40)27-21-13-6-14-22-27)30(45-34(39)26-19-11-5-12-20-26)29(44-33(38)25-17-9-4-10-18-25)28(42-36)23-43-32(37)24-15-7-3-8-16-24/h3-22,28-31,36H,2,23H2,1H3/t28-,29+,30-,31+,36+/m1/s1. The quantitative estimate of drug-likeness (QED) is 0.154. The van der Waals surface area contributed by atoms with Crippen LogP contribution >= 0.6 is 47.0 Å². The minimum atomic E-state index is -0.871. The Kier molecular flexibility index (Phi) is 12.8. The van der Waals surface area contributed by atoms with Gasteiger partial charge in [-0.05, 0) is 6.92 Å². The number of carbonyl (C=O) groups excluding carboxylic acids is 4. The highest BCUT2D eigenvalue weighted by molar-refractivity contribution is 8.20. The zero-order valence-electron chi connectivity index (χ0n) is 24.9. The van der Waals surface area contributed by atoms with Gasteiger partial charge in [-0.3, -0.25) is 19.2 Å². The molecule has 1 heterocycles. The molecule has 1 fully saturated rings. The summed E-state index contributed by atoms with van der Waals surface area (Å²) in [5, 5.41) is -2.53. The molecule has 4 aromatic carbocycles. The van der Waals surface area contributed by atoms with Gasteiger partial charge in [-0.1, -0.05) is 168 Å². The van der Waals surface area contributed by atoms with Crippen molar-refractivity contribution < 1.29 is 28.7 Å². The lowest BCUT2D eigenvalue weighted by Gasteiger charge is -2.45. The molecule has 10 heteroatoms. The van der Waals surface area contributed by atoms with E-state index >= 15 is 0 Å². The van der Waals surface area contributed by atoms with Crippen LogP contribution in [-0.4, -0.2) is 61.0 Å². The third kappa shape index (κ3) is 9.02. The van der Waals surface area contributed by atoms with Gasteiger partial charge in [-0.2, -0.15) is 0 Å². The Morgan fingerprint density at radius 1 is 0.543 bits per heavy atom. The lowest BCUT2D eigenvalue weighted by molar-refractivity contribution is -0.177. The molecule has 5 rings (SSSR count). The Balaban J connectivity index is 1.52. The number of benzene rings is 4. The first kappa shape index (κ1) is 34.2. The normalized spacial score (nSPS) is 20.9. The predicted octanol–water partition coefficient (Wildman–Crippen LogP) is 8.15. The molecule has 0 saturated carbocycles. The molecule has 1 saturated heterocycles. The van der Waals surface area contributed by atoms with Crippen molar-refractivity contribution in [3.05, 3.63) is 144 Å². The smallest absolute Gasteiger partial charge is 0.219 e. The largest absolute Gasteiger partial charge is 0.352 e. The molecule has 1 aliphatic rings. The first-order chi connectivity index (χ1) is 22.4. The van der Waals surface area contributed by atoms with Crippen LogP contribution in [0.3, 0.4) is 0 Å². The second-order valence-corrected chi connectivity index (χ2v) is 14.6. The van der Waals surface area contributed by atoms with Crippen molar-refractivity contribution >= 4 is 67.5 Å². The number of ether oxygens (including phenoxy) is 2. The van der Waals surface area contributed by atoms with Crippen molar-refractivity contribution in [2.24, 2.45) is 0 Å². The van der Waals surface area contributed by atoms with Gasteiger partial charge in [0.05, 0.1) is 16.6 Å². The molecule has 5 atom stereocenters. The van der Waals surface area contributed by atoms with Crippen molar-refractivity contribution in [2.45, 2.75) is 35.1 Å². The van der Waals surface area contributed by atoms with E-state index in [-0.39, 0.29) is 26.2 Å². The summed E-state index contributed by atoms with van der Waals surface area (Å²) < 4.78 is 12.7. The van der Waals surface area contributed by atoms with Crippen LogP contribution in [0.4, 0.5) is 0 Å². The molecule has 46 heavy (non-hydrogen) atoms. The van der Waals surface area contributed by atoms with E-state index in [0.717, 1.165) is 47.0 Å². The van der Waals surface area contributed by atoms with Crippen molar-refractivity contribution in [2.75, 3.05) is 12.4 Å². The summed E-state index contributed by atoms with van der Waals surface area (Å²) in [7, 11) is 0. The number of carbonyl (C=O) groups is 4. The second kappa shape index (κ2) is 17.2. The first-order valence-corrected chi connectivity index (χ1v) is 18.3. The third-order valence-corrected chi connectivity index (χ3v) is 12.3. The van der Waals surface area contributed by atoms with Gasteiger partial charge < -0.3 is 9.47 Å². The van der Waals surface area contributed by atoms with E-state index < -0.39 is 28.1 Å². The molecule has 0 aromatic heterocycles. The Hall–Kier alpha value is -3.12. The minimum absolute atomic E-state index is 0.129. The molecular formula is C36H32O6S4. The third-order valence-electron chi connectivity index (χ3n) is 7.07. The van der Waals surface area contributed by atoms with E-state index in [0.29, 0.717) is 28.9 Å². The summed E-state index contributed by atoms with van der Waals surface area (Å²) >= 11 is 4.33. The SMILES string of the molecule is CCO[C@H]1O[C@H](CSC(=O)c2ccccc2)[C@H](SC(=O)c2ccccc2)[C@@H](SC(=O)c2ccccc2)[C@@H]1SC(=O)c1ccccc1. The van der Waals surface area contributed by atoms with E-state index in [2.05, 4.69) is 0 Å². The molecule has 1 aliphatic heterocycles. The summed E-state index contributed by atoms with van der Waals surface area (Å²) in [5.74, 6) is 0.220. The number of thioether (sulfide) groups is 4. The van der Waals surface area contributed by atoms with Crippen LogP contribution in [0.5, 0.6) is 0 Å². The summed E-state index contributed by atoms with van der Waals surface area (Å²) in [5.41, 5.74) is 2.08. The van der Waals surface area contributed by atoms with Crippen LogP contribution in [0.1, 0.15) is 48.4 Å². The minimum Gasteiger partial charge on any atom is -0.352 e. The van der Waals surface area contributed by atoms with Crippen molar-refractivity contribution in [3.8, 4) is 0 Å². The summed E-state index contributed by atoms with van der Waals surface area (Å²) in [6.07, 6.45) is -1.53. The summed E-state index contributed by atoms with van der Waals surface area (Å²) in [6.45, 7) is 2.14. The number of hydrogen-bond donors (Lipinski definition) is 0. The van der Waals surface area contributed by atoms with E-state index in [1.807, 2.05) is 31.2 Å². The maximum Gasteiger partial charge on any atom is 0.219 e. The van der Waals surface area contributed by atoms with Crippen LogP contribution in [0.15, 0.2) is 121 Å². The van der Waals surface area contributed by atoms with Gasteiger partial charge in [0.25, 0.3) is 0 Å². The molecule has 4 aromatic rings. The fourth-order valence-corrected chi connectivity index (χ4v) is 9.92. The molecule has 0 spiro atoms. The summed E-state index contributed by atoms with van der Waals surface area (Å²) in [4.78, 5) is 54.2. The number of hydrogen-bond acceptors (Lipinski definition) is 10. The molecule has 0 aliphatic carbocycles. The Morgan fingerprint density at radius 2 is 0.913 bits per heavy atom. The topological polar surface area (TPSA) is 86.7 Å². The average Bonchev–Trinajstić information content (AvgIpc) is 3.11. The van der Waals surface area contributed by atoms with Gasteiger partial charge >= 0.3 is 0 Å². The molecule has 0 unspecified atom stereocenters. The van der Waals surface area contributed by atoms with Crippen LogP contribution in [0, 0.1) is 0 Å². The Morgan fingerprint density at radius 3 is 1.33 bits per heavy atom. The molecule has 236 valence electrons. The van der Waals surface area contributed by atoms with Crippen molar-refractivity contribution in [1.29, 1.82) is 0 Å². The van der Waals surface area contributed by atoms with E-state index in [1.54, 1.807) is 97.1 Å². The van der Waals surface area contributed by atoms with E-state index in [9.17, 15) is 19.2 Å².